The van der Waals surface area contributed by atoms with E-state index in [4.69, 9.17) is 22.6 Å². The van der Waals surface area contributed by atoms with Gasteiger partial charge in [0.2, 0.25) is 5.91 Å². The summed E-state index contributed by atoms with van der Waals surface area (Å²) in [5.41, 5.74) is 16.8. The molecule has 0 aromatic heterocycles. The third-order valence-corrected chi connectivity index (χ3v) is 2.75. The maximum Gasteiger partial charge on any atom is 0.240 e. The zero-order valence-electron chi connectivity index (χ0n) is 11.3. The summed E-state index contributed by atoms with van der Waals surface area (Å²) in [6, 6.07) is -0.549. The van der Waals surface area contributed by atoms with Crippen LogP contribution >= 0.6 is 0 Å². The minimum Gasteiger partial charge on any atom is -0.370 e. The molecular formula is C11H26N6O. The number of nitrogens with two attached hydrogens (primary N) is 3. The van der Waals surface area contributed by atoms with Gasteiger partial charge in [-0.15, -0.1) is 0 Å². The van der Waals surface area contributed by atoms with Gasteiger partial charge in [0, 0.05) is 13.6 Å². The van der Waals surface area contributed by atoms with Crippen LogP contribution in [-0.2, 0) is 4.79 Å². The Kier molecular flexibility index (Phi) is 8.06. The number of likely N-dealkylation sites (N-methyl/N-ethyl adjacent to an activating group) is 1. The van der Waals surface area contributed by atoms with Crippen molar-refractivity contribution in [3.05, 3.63) is 0 Å². The lowest BCUT2D eigenvalue weighted by atomic mass is 10.1. The number of hydrogen-bond acceptors (Lipinski definition) is 4. The van der Waals surface area contributed by atoms with E-state index in [0.717, 1.165) is 12.8 Å². The molecule has 0 heterocycles. The highest BCUT2D eigenvalue weighted by atomic mass is 16.2. The van der Waals surface area contributed by atoms with Crippen molar-refractivity contribution in [1.82, 2.24) is 10.2 Å². The van der Waals surface area contributed by atoms with Crippen LogP contribution in [0.25, 0.3) is 0 Å². The van der Waals surface area contributed by atoms with Gasteiger partial charge in [-0.05, 0) is 19.3 Å². The monoisotopic (exact) mass is 258 g/mol. The summed E-state index contributed by atoms with van der Waals surface area (Å²) in [6.45, 7) is 2.56. The topological polar surface area (TPSA) is 134 Å². The van der Waals surface area contributed by atoms with E-state index in [1.165, 1.54) is 4.90 Å². The molecule has 0 saturated heterocycles. The standard InChI is InChI=1S/C11H26N6O/c1-3-5-9(13)17(2)10(18)8(12)6-4-7-16-11(14)15/h8-9H,3-7,12-13H2,1-2H3,(H4,14,15,16)/t8-,9?/m0/s1. The third kappa shape index (κ3) is 6.41. The summed E-state index contributed by atoms with van der Waals surface area (Å²) in [5, 5.41) is 9.65. The van der Waals surface area contributed by atoms with Crippen LogP contribution in [0, 0.1) is 5.41 Å². The van der Waals surface area contributed by atoms with Gasteiger partial charge in [0.1, 0.15) is 0 Å². The lowest BCUT2D eigenvalue weighted by Crippen LogP contribution is -2.50. The van der Waals surface area contributed by atoms with E-state index < -0.39 is 6.04 Å². The Morgan fingerprint density at radius 1 is 1.39 bits per heavy atom. The fourth-order valence-electron chi connectivity index (χ4n) is 1.58. The highest BCUT2D eigenvalue weighted by molar-refractivity contribution is 5.81. The van der Waals surface area contributed by atoms with Crippen molar-refractivity contribution < 1.29 is 4.79 Å². The minimum absolute atomic E-state index is 0.0722. The molecule has 0 aliphatic rings. The van der Waals surface area contributed by atoms with Crippen molar-refractivity contribution in [2.24, 2.45) is 17.2 Å². The molecule has 0 aliphatic carbocycles. The molecule has 1 amide bonds. The fourth-order valence-corrected chi connectivity index (χ4v) is 1.58. The number of carbonyl (C=O) groups excluding carboxylic acids is 1. The number of guanidine groups is 1. The summed E-state index contributed by atoms with van der Waals surface area (Å²) < 4.78 is 0. The Bertz CT molecular complexity index is 270. The van der Waals surface area contributed by atoms with Gasteiger partial charge in [-0.25, -0.2) is 0 Å². The molecule has 0 bridgehead atoms. The molecule has 106 valence electrons. The smallest absolute Gasteiger partial charge is 0.240 e. The van der Waals surface area contributed by atoms with Crippen molar-refractivity contribution >= 4 is 11.9 Å². The van der Waals surface area contributed by atoms with Crippen LogP contribution in [0.1, 0.15) is 32.6 Å². The molecule has 18 heavy (non-hydrogen) atoms. The van der Waals surface area contributed by atoms with E-state index in [9.17, 15) is 4.79 Å². The number of rotatable bonds is 8. The lowest BCUT2D eigenvalue weighted by Gasteiger charge is -2.27. The Morgan fingerprint density at radius 3 is 2.50 bits per heavy atom. The third-order valence-electron chi connectivity index (χ3n) is 2.75. The summed E-state index contributed by atoms with van der Waals surface area (Å²) in [6.07, 6.45) is 2.65. The SMILES string of the molecule is CCCC(N)N(C)C(=O)[C@@H](N)CCCNC(=N)N. The van der Waals surface area contributed by atoms with Crippen LogP contribution in [0.4, 0.5) is 0 Å². The summed E-state index contributed by atoms with van der Waals surface area (Å²) in [7, 11) is 1.68. The van der Waals surface area contributed by atoms with Crippen LogP contribution in [-0.4, -0.2) is 42.6 Å². The molecule has 0 aromatic rings. The second-order valence-corrected chi connectivity index (χ2v) is 4.39. The summed E-state index contributed by atoms with van der Waals surface area (Å²) in [4.78, 5) is 13.4. The number of nitrogens with zero attached hydrogens (tertiary/aromatic N) is 1. The number of hydrogen-bond donors (Lipinski definition) is 5. The van der Waals surface area contributed by atoms with Crippen LogP contribution in [0.15, 0.2) is 0 Å². The van der Waals surface area contributed by atoms with Gasteiger partial charge < -0.3 is 27.4 Å². The first-order chi connectivity index (χ1) is 8.40. The first-order valence-corrected chi connectivity index (χ1v) is 6.25. The molecule has 8 N–H and O–H groups in total. The predicted molar refractivity (Wildman–Crippen MR) is 72.8 cm³/mol. The summed E-state index contributed by atoms with van der Waals surface area (Å²) in [5.74, 6) is -0.212. The van der Waals surface area contributed by atoms with E-state index in [1.54, 1.807) is 7.05 Å². The number of nitrogens with one attached hydrogen (secondary N) is 2. The zero-order chi connectivity index (χ0) is 14.1. The number of carbonyl (C=O) groups is 1. The Hall–Kier alpha value is -1.34. The molecule has 2 atom stereocenters. The van der Waals surface area contributed by atoms with Crippen LogP contribution in [0.3, 0.4) is 0 Å². The first-order valence-electron chi connectivity index (χ1n) is 6.25. The highest BCUT2D eigenvalue weighted by Crippen LogP contribution is 2.04. The molecular weight excluding hydrogens is 232 g/mol. The van der Waals surface area contributed by atoms with Crippen LogP contribution in [0.5, 0.6) is 0 Å². The van der Waals surface area contributed by atoms with Crippen molar-refractivity contribution in [2.75, 3.05) is 13.6 Å². The molecule has 0 aliphatic heterocycles. The molecule has 0 aromatic carbocycles. The normalized spacial score (nSPS) is 13.8. The largest absolute Gasteiger partial charge is 0.370 e. The molecule has 0 rings (SSSR count). The molecule has 0 fully saturated rings. The Balaban J connectivity index is 3.97. The van der Waals surface area contributed by atoms with Gasteiger partial charge >= 0.3 is 0 Å². The van der Waals surface area contributed by atoms with E-state index in [-0.39, 0.29) is 18.0 Å². The average molecular weight is 258 g/mol. The van der Waals surface area contributed by atoms with Gasteiger partial charge in [0.25, 0.3) is 0 Å². The van der Waals surface area contributed by atoms with Gasteiger partial charge in [0.05, 0.1) is 12.2 Å². The lowest BCUT2D eigenvalue weighted by molar-refractivity contribution is -0.133. The molecule has 7 nitrogen and oxygen atoms in total. The Morgan fingerprint density at radius 2 is 2.00 bits per heavy atom. The second-order valence-electron chi connectivity index (χ2n) is 4.39. The molecule has 0 saturated carbocycles. The first kappa shape index (κ1) is 16.7. The van der Waals surface area contributed by atoms with E-state index in [2.05, 4.69) is 5.32 Å². The van der Waals surface area contributed by atoms with Crippen molar-refractivity contribution in [3.63, 3.8) is 0 Å². The zero-order valence-corrected chi connectivity index (χ0v) is 11.3. The highest BCUT2D eigenvalue weighted by Gasteiger charge is 2.21. The van der Waals surface area contributed by atoms with Crippen LogP contribution in [0.2, 0.25) is 0 Å². The molecule has 1 unspecified atom stereocenters. The molecule has 7 heteroatoms. The number of amides is 1. The average Bonchev–Trinajstić information content (AvgIpc) is 2.32. The minimum atomic E-state index is -0.549. The fraction of sp³-hybridized carbons (Fsp3) is 0.818. The van der Waals surface area contributed by atoms with Crippen molar-refractivity contribution in [3.8, 4) is 0 Å². The van der Waals surface area contributed by atoms with Crippen molar-refractivity contribution in [2.45, 2.75) is 44.8 Å². The maximum absolute atomic E-state index is 11.9. The van der Waals surface area contributed by atoms with E-state index >= 15 is 0 Å². The summed E-state index contributed by atoms with van der Waals surface area (Å²) >= 11 is 0. The second kappa shape index (κ2) is 8.71. The van der Waals surface area contributed by atoms with E-state index in [1.807, 2.05) is 6.92 Å². The van der Waals surface area contributed by atoms with Gasteiger partial charge in [-0.2, -0.15) is 0 Å². The van der Waals surface area contributed by atoms with Crippen molar-refractivity contribution in [1.29, 1.82) is 5.41 Å². The quantitative estimate of drug-likeness (QED) is 0.167. The maximum atomic E-state index is 11.9. The van der Waals surface area contributed by atoms with Gasteiger partial charge in [-0.3, -0.25) is 10.2 Å². The predicted octanol–water partition coefficient (Wildman–Crippen LogP) is -0.880. The van der Waals surface area contributed by atoms with Gasteiger partial charge in [0.15, 0.2) is 5.96 Å². The molecule has 0 radical (unpaired) electrons. The van der Waals surface area contributed by atoms with Crippen LogP contribution < -0.4 is 22.5 Å². The Labute approximate surface area is 109 Å². The molecule has 0 spiro atoms. The van der Waals surface area contributed by atoms with Gasteiger partial charge in [-0.1, -0.05) is 13.3 Å². The van der Waals surface area contributed by atoms with E-state index in [0.29, 0.717) is 19.4 Å².